The van der Waals surface area contributed by atoms with E-state index in [1.54, 1.807) is 36.4 Å². The van der Waals surface area contributed by atoms with Gasteiger partial charge in [-0.15, -0.1) is 0 Å². The number of anilines is 2. The van der Waals surface area contributed by atoms with Crippen molar-refractivity contribution in [3.63, 3.8) is 0 Å². The van der Waals surface area contributed by atoms with Gasteiger partial charge in [-0.25, -0.2) is 0 Å². The normalized spacial score (nSPS) is 19.5. The van der Waals surface area contributed by atoms with Crippen molar-refractivity contribution in [2.75, 3.05) is 49.6 Å². The van der Waals surface area contributed by atoms with Crippen molar-refractivity contribution in [1.29, 1.82) is 0 Å². The summed E-state index contributed by atoms with van der Waals surface area (Å²) in [5.74, 6) is -1.14. The number of aromatic hydroxyl groups is 1. The summed E-state index contributed by atoms with van der Waals surface area (Å²) in [5, 5.41) is 21.3. The number of benzene rings is 3. The minimum Gasteiger partial charge on any atom is -0.508 e. The number of ketones is 1. The van der Waals surface area contributed by atoms with E-state index in [2.05, 4.69) is 16.8 Å². The molecule has 2 aliphatic rings. The molecule has 2 N–H and O–H groups in total. The lowest BCUT2D eigenvalue weighted by Gasteiger charge is -2.34. The fourth-order valence-electron chi connectivity index (χ4n) is 5.07. The van der Waals surface area contributed by atoms with Crippen molar-refractivity contribution < 1.29 is 24.5 Å². The molecule has 0 spiro atoms. The van der Waals surface area contributed by atoms with Gasteiger partial charge in [-0.05, 0) is 67.6 Å². The zero-order valence-electron chi connectivity index (χ0n) is 22.2. The number of ether oxygens (including phenoxy) is 1. The van der Waals surface area contributed by atoms with Crippen LogP contribution in [0.2, 0.25) is 0 Å². The molecule has 1 amide bonds. The van der Waals surface area contributed by atoms with Crippen LogP contribution in [0.5, 0.6) is 11.5 Å². The van der Waals surface area contributed by atoms with Crippen LogP contribution in [0.25, 0.3) is 5.76 Å². The van der Waals surface area contributed by atoms with Gasteiger partial charge in [-0.3, -0.25) is 14.5 Å². The topological polar surface area (TPSA) is 93.5 Å². The monoisotopic (exact) mass is 527 g/mol. The Morgan fingerprint density at radius 3 is 2.26 bits per heavy atom. The molecule has 0 aromatic heterocycles. The highest BCUT2D eigenvalue weighted by molar-refractivity contribution is 6.51. The molecule has 5 rings (SSSR count). The molecular weight excluding hydrogens is 494 g/mol. The van der Waals surface area contributed by atoms with Crippen LogP contribution in [-0.4, -0.2) is 66.6 Å². The highest BCUT2D eigenvalue weighted by Gasteiger charge is 2.47. The number of amides is 1. The Bertz CT molecular complexity index is 1380. The van der Waals surface area contributed by atoms with E-state index in [1.807, 2.05) is 31.2 Å². The van der Waals surface area contributed by atoms with Gasteiger partial charge in [0.05, 0.1) is 18.2 Å². The average Bonchev–Trinajstić information content (AvgIpc) is 3.22. The zero-order valence-corrected chi connectivity index (χ0v) is 22.2. The summed E-state index contributed by atoms with van der Waals surface area (Å²) >= 11 is 0. The molecule has 2 saturated heterocycles. The van der Waals surface area contributed by atoms with Crippen LogP contribution in [0.3, 0.4) is 0 Å². The summed E-state index contributed by atoms with van der Waals surface area (Å²) in [7, 11) is 2.11. The number of nitrogens with zero attached hydrogens (tertiary/aromatic N) is 3. The van der Waals surface area contributed by atoms with Gasteiger partial charge in [-0.2, -0.15) is 0 Å². The number of phenols is 1. The van der Waals surface area contributed by atoms with Crippen molar-refractivity contribution in [2.45, 2.75) is 19.4 Å². The number of hydrogen-bond acceptors (Lipinski definition) is 7. The number of piperazine rings is 1. The van der Waals surface area contributed by atoms with E-state index < -0.39 is 17.7 Å². The van der Waals surface area contributed by atoms with E-state index in [0.717, 1.165) is 38.3 Å². The Morgan fingerprint density at radius 1 is 0.923 bits per heavy atom. The molecule has 3 aromatic carbocycles. The molecule has 2 fully saturated rings. The fourth-order valence-corrected chi connectivity index (χ4v) is 5.07. The lowest BCUT2D eigenvalue weighted by atomic mass is 9.95. The van der Waals surface area contributed by atoms with Crippen LogP contribution in [0.15, 0.2) is 78.4 Å². The average molecular weight is 528 g/mol. The molecule has 1 unspecified atom stereocenters. The number of likely N-dealkylation sites (N-methyl/N-ethyl adjacent to an activating group) is 1. The second-order valence-electron chi connectivity index (χ2n) is 9.94. The number of carbonyl (C=O) groups excluding carboxylic acids is 2. The Morgan fingerprint density at radius 2 is 1.59 bits per heavy atom. The smallest absolute Gasteiger partial charge is 0.300 e. The highest BCUT2D eigenvalue weighted by atomic mass is 16.5. The van der Waals surface area contributed by atoms with Crippen molar-refractivity contribution in [3.8, 4) is 11.5 Å². The van der Waals surface area contributed by atoms with Crippen LogP contribution >= 0.6 is 0 Å². The first-order chi connectivity index (χ1) is 18.9. The second-order valence-corrected chi connectivity index (χ2v) is 9.94. The van der Waals surface area contributed by atoms with Gasteiger partial charge in [0.1, 0.15) is 17.3 Å². The minimum atomic E-state index is -0.875. The van der Waals surface area contributed by atoms with E-state index in [0.29, 0.717) is 29.2 Å². The van der Waals surface area contributed by atoms with Gasteiger partial charge in [0.15, 0.2) is 0 Å². The molecule has 0 saturated carbocycles. The van der Waals surface area contributed by atoms with Crippen LogP contribution < -0.4 is 14.5 Å². The van der Waals surface area contributed by atoms with Gasteiger partial charge >= 0.3 is 0 Å². The van der Waals surface area contributed by atoms with Crippen LogP contribution in [0.1, 0.15) is 30.5 Å². The number of aliphatic hydroxyl groups is 1. The second kappa shape index (κ2) is 11.2. The molecule has 2 aliphatic heterocycles. The summed E-state index contributed by atoms with van der Waals surface area (Å²) in [6.45, 7) is 6.29. The van der Waals surface area contributed by atoms with Crippen LogP contribution in [-0.2, 0) is 9.59 Å². The largest absolute Gasteiger partial charge is 0.508 e. The summed E-state index contributed by atoms with van der Waals surface area (Å²) in [6.07, 6.45) is 0.829. The minimum absolute atomic E-state index is 0.0125. The number of aliphatic hydroxyl groups excluding tert-OH is 1. The molecular formula is C31H33N3O5. The number of phenolic OH excluding ortho intramolecular Hbond substituents is 1. The van der Waals surface area contributed by atoms with E-state index in [-0.39, 0.29) is 17.1 Å². The van der Waals surface area contributed by atoms with Crippen molar-refractivity contribution >= 4 is 28.8 Å². The Labute approximate surface area is 228 Å². The number of hydrogen-bond donors (Lipinski definition) is 2. The maximum absolute atomic E-state index is 13.5. The zero-order chi connectivity index (χ0) is 27.5. The molecule has 0 radical (unpaired) electrons. The van der Waals surface area contributed by atoms with Crippen molar-refractivity contribution in [1.82, 2.24) is 4.90 Å². The molecule has 8 heteroatoms. The summed E-state index contributed by atoms with van der Waals surface area (Å²) in [6, 6.07) is 19.9. The molecule has 3 aromatic rings. The quantitative estimate of drug-likeness (QED) is 0.264. The third-order valence-corrected chi connectivity index (χ3v) is 7.23. The fraction of sp³-hybridized carbons (Fsp3) is 0.290. The van der Waals surface area contributed by atoms with E-state index in [1.165, 1.54) is 17.0 Å². The number of rotatable bonds is 7. The first-order valence-electron chi connectivity index (χ1n) is 13.2. The van der Waals surface area contributed by atoms with Crippen LogP contribution in [0, 0.1) is 0 Å². The molecule has 2 heterocycles. The van der Waals surface area contributed by atoms with Gasteiger partial charge in [0, 0.05) is 43.1 Å². The van der Waals surface area contributed by atoms with E-state index in [4.69, 9.17) is 4.74 Å². The van der Waals surface area contributed by atoms with Crippen molar-refractivity contribution in [3.05, 3.63) is 89.5 Å². The van der Waals surface area contributed by atoms with E-state index >= 15 is 0 Å². The molecule has 0 aliphatic carbocycles. The first-order valence-corrected chi connectivity index (χ1v) is 13.2. The maximum atomic E-state index is 13.5. The molecule has 0 bridgehead atoms. The third-order valence-electron chi connectivity index (χ3n) is 7.23. The van der Waals surface area contributed by atoms with Gasteiger partial charge in [-0.1, -0.05) is 31.2 Å². The lowest BCUT2D eigenvalue weighted by molar-refractivity contribution is -0.132. The van der Waals surface area contributed by atoms with Crippen molar-refractivity contribution in [2.24, 2.45) is 0 Å². The Hall–Kier alpha value is -4.30. The maximum Gasteiger partial charge on any atom is 0.300 e. The van der Waals surface area contributed by atoms with Crippen LogP contribution in [0.4, 0.5) is 11.4 Å². The first kappa shape index (κ1) is 26.3. The standard InChI is InChI=1S/C31H33N3O5/c1-3-19-39-26-6-4-5-22(20-26)29(36)27-28(21-7-13-25(35)14-8-21)34(31(38)30(27)37)24-11-9-23(10-12-24)33-17-15-32(2)16-18-33/h4-14,20,28,35-36H,3,15-19H2,1-2H3/b29-27+. The molecule has 39 heavy (non-hydrogen) atoms. The number of carbonyl (C=O) groups is 2. The highest BCUT2D eigenvalue weighted by Crippen LogP contribution is 2.43. The Balaban J connectivity index is 1.56. The van der Waals surface area contributed by atoms with E-state index in [9.17, 15) is 19.8 Å². The molecule has 202 valence electrons. The SMILES string of the molecule is CCCOc1cccc(/C(O)=C2\C(=O)C(=O)N(c3ccc(N4CCN(C)CC4)cc3)C2c2ccc(O)cc2)c1. The number of Topliss-reactive ketones (excluding diaryl/α,β-unsaturated/α-hetero) is 1. The lowest BCUT2D eigenvalue weighted by Crippen LogP contribution is -2.44. The summed E-state index contributed by atoms with van der Waals surface area (Å²) < 4.78 is 5.71. The summed E-state index contributed by atoms with van der Waals surface area (Å²) in [5.41, 5.74) is 2.56. The predicted octanol–water partition coefficient (Wildman–Crippen LogP) is 4.56. The van der Waals surface area contributed by atoms with Gasteiger partial charge in [0.25, 0.3) is 11.7 Å². The Kier molecular flexibility index (Phi) is 7.56. The van der Waals surface area contributed by atoms with Gasteiger partial charge in [0.2, 0.25) is 0 Å². The predicted molar refractivity (Wildman–Crippen MR) is 151 cm³/mol. The molecule has 1 atom stereocenters. The van der Waals surface area contributed by atoms with Gasteiger partial charge < -0.3 is 24.7 Å². The molecule has 8 nitrogen and oxygen atoms in total. The third kappa shape index (κ3) is 5.33. The summed E-state index contributed by atoms with van der Waals surface area (Å²) in [4.78, 5) is 32.9.